The fourth-order valence-electron chi connectivity index (χ4n) is 5.09. The molecule has 0 bridgehead atoms. The number of nitrogens with one attached hydrogen (secondary N) is 2. The summed E-state index contributed by atoms with van der Waals surface area (Å²) in [6, 6.07) is 24.0. The second-order valence-electron chi connectivity index (χ2n) is 10.6. The van der Waals surface area contributed by atoms with Gasteiger partial charge in [0, 0.05) is 13.2 Å². The Kier molecular flexibility index (Phi) is 12.7. The summed E-state index contributed by atoms with van der Waals surface area (Å²) in [6.07, 6.45) is 6.24. The zero-order valence-corrected chi connectivity index (χ0v) is 25.5. The number of methoxy groups -OCH3 is 1. The van der Waals surface area contributed by atoms with Gasteiger partial charge in [0.05, 0.1) is 25.4 Å². The maximum atomic E-state index is 12.9. The van der Waals surface area contributed by atoms with E-state index >= 15 is 0 Å². The molecule has 1 aliphatic rings. The van der Waals surface area contributed by atoms with E-state index in [9.17, 15) is 13.2 Å². The normalized spacial score (nSPS) is 14.5. The molecule has 1 atom stereocenters. The van der Waals surface area contributed by atoms with Gasteiger partial charge in [-0.25, -0.2) is 9.52 Å². The minimum absolute atomic E-state index is 0.0441. The molecule has 10 heteroatoms. The van der Waals surface area contributed by atoms with Crippen molar-refractivity contribution in [3.8, 4) is 11.5 Å². The Hall–Kier alpha value is -3.60. The van der Waals surface area contributed by atoms with Gasteiger partial charge in [0.15, 0.2) is 0 Å². The van der Waals surface area contributed by atoms with Gasteiger partial charge in [-0.2, -0.15) is 13.1 Å². The summed E-state index contributed by atoms with van der Waals surface area (Å²) in [6.45, 7) is 0.978. The van der Waals surface area contributed by atoms with Gasteiger partial charge in [0.25, 0.3) is 0 Å². The van der Waals surface area contributed by atoms with Gasteiger partial charge in [-0.3, -0.25) is 0 Å². The highest BCUT2D eigenvalue weighted by Crippen LogP contribution is 2.30. The van der Waals surface area contributed by atoms with E-state index in [0.29, 0.717) is 38.2 Å². The number of hydrogen-bond acceptors (Lipinski definition) is 7. The van der Waals surface area contributed by atoms with Crippen molar-refractivity contribution < 1.29 is 32.2 Å². The SMILES string of the molecule is COCCOc1ccc(CCCOC(=O)NS(=O)(=O)NC(Cc2ccccc2)c2ccccc2)c(OC2CCCCC2)c1. The third-order valence-electron chi connectivity index (χ3n) is 7.26. The van der Waals surface area contributed by atoms with Crippen LogP contribution in [0.4, 0.5) is 4.79 Å². The predicted molar refractivity (Wildman–Crippen MR) is 166 cm³/mol. The summed E-state index contributed by atoms with van der Waals surface area (Å²) in [4.78, 5) is 12.4. The maximum Gasteiger partial charge on any atom is 0.421 e. The summed E-state index contributed by atoms with van der Waals surface area (Å²) in [7, 11) is -2.56. The second kappa shape index (κ2) is 16.9. The molecule has 3 aromatic rings. The van der Waals surface area contributed by atoms with Crippen molar-refractivity contribution in [1.82, 2.24) is 9.44 Å². The lowest BCUT2D eigenvalue weighted by Crippen LogP contribution is -2.42. The van der Waals surface area contributed by atoms with Crippen LogP contribution in [0.2, 0.25) is 0 Å². The molecule has 1 aliphatic carbocycles. The lowest BCUT2D eigenvalue weighted by atomic mass is 9.97. The first-order valence-corrected chi connectivity index (χ1v) is 16.4. The molecule has 0 radical (unpaired) electrons. The highest BCUT2D eigenvalue weighted by atomic mass is 32.2. The fraction of sp³-hybridized carbons (Fsp3) is 0.424. The first kappa shape index (κ1) is 32.3. The standard InChI is InChI=1S/C33H42N2O7S/c1-39-22-23-40-30-20-19-28(32(25-30)42-29-17-9-4-10-18-29)16-11-21-41-33(36)35-43(37,38)34-31(27-14-7-3-8-15-27)24-26-12-5-2-6-13-26/h2-3,5-8,12-15,19-20,25,29,31,34H,4,9-11,16-18,21-24H2,1H3,(H,35,36). The lowest BCUT2D eigenvalue weighted by molar-refractivity contribution is 0.142. The molecule has 1 unspecified atom stereocenters. The van der Waals surface area contributed by atoms with Crippen molar-refractivity contribution in [2.45, 2.75) is 63.5 Å². The van der Waals surface area contributed by atoms with Gasteiger partial charge in [0.1, 0.15) is 18.1 Å². The monoisotopic (exact) mass is 610 g/mol. The van der Waals surface area contributed by atoms with Gasteiger partial charge < -0.3 is 18.9 Å². The van der Waals surface area contributed by atoms with Crippen LogP contribution in [0.1, 0.15) is 61.3 Å². The van der Waals surface area contributed by atoms with Gasteiger partial charge in [-0.15, -0.1) is 0 Å². The number of rotatable bonds is 16. The maximum absolute atomic E-state index is 12.9. The van der Waals surface area contributed by atoms with Crippen LogP contribution < -0.4 is 18.9 Å². The van der Waals surface area contributed by atoms with Crippen molar-refractivity contribution in [3.63, 3.8) is 0 Å². The summed E-state index contributed by atoms with van der Waals surface area (Å²) in [5, 5.41) is 0. The van der Waals surface area contributed by atoms with Crippen molar-refractivity contribution in [3.05, 3.63) is 95.6 Å². The van der Waals surface area contributed by atoms with Crippen molar-refractivity contribution >= 4 is 16.3 Å². The molecule has 232 valence electrons. The van der Waals surface area contributed by atoms with Crippen molar-refractivity contribution in [2.75, 3.05) is 26.9 Å². The average Bonchev–Trinajstić information content (AvgIpc) is 3.01. The number of carbonyl (C=O) groups excluding carboxylic acids is 1. The van der Waals surface area contributed by atoms with Gasteiger partial charge in [-0.05, 0) is 67.7 Å². The minimum atomic E-state index is -4.19. The highest BCUT2D eigenvalue weighted by molar-refractivity contribution is 7.88. The van der Waals surface area contributed by atoms with Crippen LogP contribution >= 0.6 is 0 Å². The summed E-state index contributed by atoms with van der Waals surface area (Å²) in [5.41, 5.74) is 2.73. The smallest absolute Gasteiger partial charge is 0.421 e. The number of benzene rings is 3. The molecule has 1 fully saturated rings. The third-order valence-corrected chi connectivity index (χ3v) is 8.29. The molecule has 0 saturated heterocycles. The Bertz CT molecular complexity index is 1360. The molecule has 1 amide bonds. The molecule has 0 aliphatic heterocycles. The summed E-state index contributed by atoms with van der Waals surface area (Å²) >= 11 is 0. The zero-order valence-electron chi connectivity index (χ0n) is 24.7. The average molecular weight is 611 g/mol. The Morgan fingerprint density at radius 2 is 1.63 bits per heavy atom. The molecular weight excluding hydrogens is 568 g/mol. The van der Waals surface area contributed by atoms with Gasteiger partial charge >= 0.3 is 16.3 Å². The topological polar surface area (TPSA) is 112 Å². The first-order valence-electron chi connectivity index (χ1n) is 14.9. The number of carbonyl (C=O) groups is 1. The molecule has 2 N–H and O–H groups in total. The van der Waals surface area contributed by atoms with Gasteiger partial charge in [-0.1, -0.05) is 73.2 Å². The Labute approximate surface area is 255 Å². The predicted octanol–water partition coefficient (Wildman–Crippen LogP) is 5.90. The highest BCUT2D eigenvalue weighted by Gasteiger charge is 2.23. The van der Waals surface area contributed by atoms with E-state index in [1.807, 2.05) is 83.6 Å². The Morgan fingerprint density at radius 3 is 2.35 bits per heavy atom. The van der Waals surface area contributed by atoms with Crippen molar-refractivity contribution in [1.29, 1.82) is 0 Å². The van der Waals surface area contributed by atoms with Crippen LogP contribution in [-0.4, -0.2) is 47.5 Å². The molecule has 1 saturated carbocycles. The van der Waals surface area contributed by atoms with E-state index in [0.717, 1.165) is 48.1 Å². The quantitative estimate of drug-likeness (QED) is 0.194. The number of hydrogen-bond donors (Lipinski definition) is 2. The third kappa shape index (κ3) is 11.2. The number of aryl methyl sites for hydroxylation is 1. The van der Waals surface area contributed by atoms with E-state index in [4.69, 9.17) is 18.9 Å². The van der Waals surface area contributed by atoms with Crippen molar-refractivity contribution in [2.24, 2.45) is 0 Å². The largest absolute Gasteiger partial charge is 0.491 e. The van der Waals surface area contributed by atoms with Gasteiger partial charge in [0.2, 0.25) is 0 Å². The lowest BCUT2D eigenvalue weighted by Gasteiger charge is -2.24. The molecule has 0 heterocycles. The van der Waals surface area contributed by atoms with E-state index < -0.39 is 22.3 Å². The van der Waals surface area contributed by atoms with E-state index in [1.165, 1.54) is 6.42 Å². The van der Waals surface area contributed by atoms with Crippen LogP contribution in [0, 0.1) is 0 Å². The number of amides is 1. The van der Waals surface area contributed by atoms with Crippen LogP contribution in [0.5, 0.6) is 11.5 Å². The van der Waals surface area contributed by atoms with E-state index in [-0.39, 0.29) is 12.7 Å². The van der Waals surface area contributed by atoms with Crippen LogP contribution in [0.25, 0.3) is 0 Å². The van der Waals surface area contributed by atoms with Crippen LogP contribution in [-0.2, 0) is 32.5 Å². The molecular formula is C33H42N2O7S. The molecule has 9 nitrogen and oxygen atoms in total. The Balaban J connectivity index is 1.30. The Morgan fingerprint density at radius 1 is 0.907 bits per heavy atom. The molecule has 4 rings (SSSR count). The summed E-state index contributed by atoms with van der Waals surface area (Å²) < 4.78 is 52.8. The van der Waals surface area contributed by atoms with Crippen LogP contribution in [0.15, 0.2) is 78.9 Å². The van der Waals surface area contributed by atoms with E-state index in [2.05, 4.69) is 4.72 Å². The van der Waals surface area contributed by atoms with Crippen LogP contribution in [0.3, 0.4) is 0 Å². The van der Waals surface area contributed by atoms with E-state index in [1.54, 1.807) is 7.11 Å². The first-order chi connectivity index (χ1) is 20.9. The minimum Gasteiger partial charge on any atom is -0.491 e. The second-order valence-corrected chi connectivity index (χ2v) is 12.1. The molecule has 43 heavy (non-hydrogen) atoms. The fourth-order valence-corrected chi connectivity index (χ4v) is 6.02. The zero-order chi connectivity index (χ0) is 30.3. The molecule has 0 aromatic heterocycles. The number of ether oxygens (including phenoxy) is 4. The molecule has 3 aromatic carbocycles. The summed E-state index contributed by atoms with van der Waals surface area (Å²) in [5.74, 6) is 1.48. The molecule has 0 spiro atoms.